The van der Waals surface area contributed by atoms with Crippen LogP contribution in [-0.4, -0.2) is 34.9 Å². The van der Waals surface area contributed by atoms with E-state index in [-0.39, 0.29) is 11.7 Å². The van der Waals surface area contributed by atoms with Crippen molar-refractivity contribution in [1.29, 1.82) is 0 Å². The van der Waals surface area contributed by atoms with Gasteiger partial charge in [-0.3, -0.25) is 4.79 Å². The van der Waals surface area contributed by atoms with Crippen molar-refractivity contribution < 1.29 is 10.0 Å². The smallest absolute Gasteiger partial charge is 0.253 e. The van der Waals surface area contributed by atoms with Gasteiger partial charge in [0.2, 0.25) is 0 Å². The Morgan fingerprint density at radius 2 is 2.00 bits per heavy atom. The highest BCUT2D eigenvalue weighted by Gasteiger charge is 2.21. The molecule has 5 heteroatoms. The second-order valence-corrected chi connectivity index (χ2v) is 5.06. The fraction of sp³-hybridized carbons (Fsp3) is 0.429. The molecule has 1 heterocycles. The standard InChI is InChI=1S/C14H19N3O2/c1-10-3-2-8-17(9-10)14(18)12-6-4-11(5-7-12)13(15)16-19/h4-7,10,19H,2-3,8-9H2,1H3,(H2,15,16). The van der Waals surface area contributed by atoms with Crippen molar-refractivity contribution in [2.45, 2.75) is 19.8 Å². The maximum atomic E-state index is 12.3. The Hall–Kier alpha value is -2.04. The number of amides is 1. The van der Waals surface area contributed by atoms with Crippen molar-refractivity contribution in [2.24, 2.45) is 16.8 Å². The van der Waals surface area contributed by atoms with E-state index in [2.05, 4.69) is 12.1 Å². The van der Waals surface area contributed by atoms with Crippen LogP contribution in [0.4, 0.5) is 0 Å². The van der Waals surface area contributed by atoms with Crippen molar-refractivity contribution >= 4 is 11.7 Å². The minimum Gasteiger partial charge on any atom is -0.409 e. The van der Waals surface area contributed by atoms with Crippen molar-refractivity contribution in [1.82, 2.24) is 4.90 Å². The number of benzene rings is 1. The Morgan fingerprint density at radius 1 is 1.37 bits per heavy atom. The third-order valence-corrected chi connectivity index (χ3v) is 3.48. The second kappa shape index (κ2) is 5.73. The summed E-state index contributed by atoms with van der Waals surface area (Å²) in [5, 5.41) is 11.5. The number of likely N-dealkylation sites (tertiary alicyclic amines) is 1. The molecule has 19 heavy (non-hydrogen) atoms. The second-order valence-electron chi connectivity index (χ2n) is 5.06. The normalized spacial score (nSPS) is 20.4. The molecule has 1 unspecified atom stereocenters. The molecule has 1 aromatic rings. The maximum absolute atomic E-state index is 12.3. The van der Waals surface area contributed by atoms with Crippen molar-refractivity contribution in [3.05, 3.63) is 35.4 Å². The first-order valence-electron chi connectivity index (χ1n) is 6.49. The molecule has 0 radical (unpaired) electrons. The number of carbonyl (C=O) groups excluding carboxylic acids is 1. The fourth-order valence-electron chi connectivity index (χ4n) is 2.40. The molecule has 1 amide bonds. The molecule has 1 aliphatic rings. The summed E-state index contributed by atoms with van der Waals surface area (Å²) >= 11 is 0. The van der Waals surface area contributed by atoms with Gasteiger partial charge in [-0.05, 0) is 30.9 Å². The van der Waals surface area contributed by atoms with Crippen LogP contribution in [0.15, 0.2) is 29.4 Å². The Bertz CT molecular complexity index is 482. The summed E-state index contributed by atoms with van der Waals surface area (Å²) in [7, 11) is 0. The molecule has 1 aliphatic heterocycles. The molecule has 102 valence electrons. The molecule has 0 bridgehead atoms. The predicted molar refractivity (Wildman–Crippen MR) is 73.3 cm³/mol. The molecule has 1 fully saturated rings. The number of carbonyl (C=O) groups is 1. The van der Waals surface area contributed by atoms with Crippen LogP contribution in [0.1, 0.15) is 35.7 Å². The summed E-state index contributed by atoms with van der Waals surface area (Å²) in [6.07, 6.45) is 2.25. The number of oxime groups is 1. The zero-order chi connectivity index (χ0) is 13.8. The lowest BCUT2D eigenvalue weighted by Gasteiger charge is -2.31. The highest BCUT2D eigenvalue weighted by atomic mass is 16.4. The van der Waals surface area contributed by atoms with Crippen molar-refractivity contribution in [3.63, 3.8) is 0 Å². The van der Waals surface area contributed by atoms with Gasteiger partial charge in [0.1, 0.15) is 0 Å². The Labute approximate surface area is 112 Å². The maximum Gasteiger partial charge on any atom is 0.253 e. The SMILES string of the molecule is CC1CCCN(C(=O)c2ccc(/C(N)=N/O)cc2)C1. The average Bonchev–Trinajstić information content (AvgIpc) is 2.46. The number of piperidine rings is 1. The van der Waals surface area contributed by atoms with Crippen molar-refractivity contribution in [2.75, 3.05) is 13.1 Å². The number of rotatable bonds is 2. The minimum atomic E-state index is 0.0468. The lowest BCUT2D eigenvalue weighted by atomic mass is 9.99. The largest absolute Gasteiger partial charge is 0.409 e. The van der Waals surface area contributed by atoms with Gasteiger partial charge in [0.25, 0.3) is 5.91 Å². The molecule has 0 aliphatic carbocycles. The molecule has 5 nitrogen and oxygen atoms in total. The van der Waals surface area contributed by atoms with E-state index in [0.717, 1.165) is 19.5 Å². The molecule has 1 atom stereocenters. The highest BCUT2D eigenvalue weighted by Crippen LogP contribution is 2.18. The van der Waals surface area contributed by atoms with E-state index >= 15 is 0 Å². The number of hydrogen-bond donors (Lipinski definition) is 2. The first-order chi connectivity index (χ1) is 9.11. The first-order valence-corrected chi connectivity index (χ1v) is 6.49. The van der Waals surface area contributed by atoms with Crippen LogP contribution in [0.5, 0.6) is 0 Å². The minimum absolute atomic E-state index is 0.0468. The van der Waals surface area contributed by atoms with E-state index in [1.807, 2.05) is 4.90 Å². The molecule has 0 saturated carbocycles. The van der Waals surface area contributed by atoms with E-state index in [1.54, 1.807) is 24.3 Å². The monoisotopic (exact) mass is 261 g/mol. The lowest BCUT2D eigenvalue weighted by Crippen LogP contribution is -2.39. The third kappa shape index (κ3) is 3.05. The van der Waals surface area contributed by atoms with Gasteiger partial charge in [-0.1, -0.05) is 24.2 Å². The van der Waals surface area contributed by atoms with Gasteiger partial charge in [0, 0.05) is 24.2 Å². The van der Waals surface area contributed by atoms with Gasteiger partial charge >= 0.3 is 0 Å². The van der Waals surface area contributed by atoms with Crippen LogP contribution in [0.2, 0.25) is 0 Å². The molecule has 0 aromatic heterocycles. The fourth-order valence-corrected chi connectivity index (χ4v) is 2.40. The van der Waals surface area contributed by atoms with Crippen LogP contribution in [-0.2, 0) is 0 Å². The quantitative estimate of drug-likeness (QED) is 0.368. The van der Waals surface area contributed by atoms with Crippen LogP contribution < -0.4 is 5.73 Å². The van der Waals surface area contributed by atoms with Crippen LogP contribution in [0.25, 0.3) is 0 Å². The molecular weight excluding hydrogens is 242 g/mol. The van der Waals surface area contributed by atoms with Gasteiger partial charge in [0.15, 0.2) is 5.84 Å². The molecule has 3 N–H and O–H groups in total. The Morgan fingerprint density at radius 3 is 2.58 bits per heavy atom. The van der Waals surface area contributed by atoms with E-state index in [0.29, 0.717) is 17.0 Å². The molecular formula is C14H19N3O2. The molecule has 2 rings (SSSR count). The topological polar surface area (TPSA) is 78.9 Å². The third-order valence-electron chi connectivity index (χ3n) is 3.48. The summed E-state index contributed by atoms with van der Waals surface area (Å²) in [6.45, 7) is 3.81. The van der Waals surface area contributed by atoms with Crippen LogP contribution >= 0.6 is 0 Å². The molecule has 0 spiro atoms. The van der Waals surface area contributed by atoms with Gasteiger partial charge in [-0.15, -0.1) is 0 Å². The Balaban J connectivity index is 2.11. The van der Waals surface area contributed by atoms with E-state index < -0.39 is 0 Å². The predicted octanol–water partition coefficient (Wildman–Crippen LogP) is 1.65. The summed E-state index contributed by atoms with van der Waals surface area (Å²) in [5.74, 6) is 0.664. The van der Waals surface area contributed by atoms with Gasteiger partial charge in [-0.2, -0.15) is 0 Å². The summed E-state index contributed by atoms with van der Waals surface area (Å²) in [5.41, 5.74) is 6.73. The highest BCUT2D eigenvalue weighted by molar-refractivity contribution is 5.99. The van der Waals surface area contributed by atoms with E-state index in [9.17, 15) is 4.79 Å². The number of amidine groups is 1. The Kier molecular flexibility index (Phi) is 4.04. The number of nitrogens with zero attached hydrogens (tertiary/aromatic N) is 2. The summed E-state index contributed by atoms with van der Waals surface area (Å²) < 4.78 is 0. The lowest BCUT2D eigenvalue weighted by molar-refractivity contribution is 0.0683. The van der Waals surface area contributed by atoms with E-state index in [4.69, 9.17) is 10.9 Å². The number of nitrogens with two attached hydrogens (primary N) is 1. The van der Waals surface area contributed by atoms with Gasteiger partial charge < -0.3 is 15.8 Å². The zero-order valence-corrected chi connectivity index (χ0v) is 11.0. The summed E-state index contributed by atoms with van der Waals surface area (Å²) in [6, 6.07) is 6.81. The number of hydrogen-bond acceptors (Lipinski definition) is 3. The van der Waals surface area contributed by atoms with Crippen molar-refractivity contribution in [3.8, 4) is 0 Å². The van der Waals surface area contributed by atoms with E-state index in [1.165, 1.54) is 6.42 Å². The van der Waals surface area contributed by atoms with Crippen LogP contribution in [0.3, 0.4) is 0 Å². The summed E-state index contributed by atoms with van der Waals surface area (Å²) in [4.78, 5) is 14.2. The average molecular weight is 261 g/mol. The first kappa shape index (κ1) is 13.4. The molecule has 1 aromatic carbocycles. The zero-order valence-electron chi connectivity index (χ0n) is 11.0. The molecule has 1 saturated heterocycles. The van der Waals surface area contributed by atoms with Gasteiger partial charge in [-0.25, -0.2) is 0 Å². The van der Waals surface area contributed by atoms with Crippen LogP contribution in [0, 0.1) is 5.92 Å². The van der Waals surface area contributed by atoms with Gasteiger partial charge in [0.05, 0.1) is 0 Å².